The molecule has 2 atom stereocenters. The first-order valence-corrected chi connectivity index (χ1v) is 7.48. The van der Waals surface area contributed by atoms with Crippen LogP contribution in [0.15, 0.2) is 23.4 Å². The summed E-state index contributed by atoms with van der Waals surface area (Å²) in [5.74, 6) is 1.91. The molecule has 2 unspecified atom stereocenters. The van der Waals surface area contributed by atoms with Crippen molar-refractivity contribution in [3.63, 3.8) is 0 Å². The molecule has 0 amide bonds. The molecule has 0 saturated heterocycles. The van der Waals surface area contributed by atoms with Crippen LogP contribution in [0.25, 0.3) is 0 Å². The first-order valence-electron chi connectivity index (χ1n) is 6.50. The smallest absolute Gasteiger partial charge is 0.101 e. The molecule has 0 saturated carbocycles. The Bertz CT molecular complexity index is 328. The van der Waals surface area contributed by atoms with Crippen LogP contribution >= 0.6 is 11.8 Å². The minimum Gasteiger partial charge on any atom is -0.310 e. The van der Waals surface area contributed by atoms with Crippen molar-refractivity contribution >= 4 is 11.8 Å². The fourth-order valence-corrected chi connectivity index (χ4v) is 2.83. The second kappa shape index (κ2) is 7.72. The molecule has 0 aliphatic heterocycles. The molecule has 1 rings (SSSR count). The number of hydrogen-bond donors (Lipinski definition) is 1. The van der Waals surface area contributed by atoms with Crippen LogP contribution in [0.3, 0.4) is 0 Å². The summed E-state index contributed by atoms with van der Waals surface area (Å²) in [6, 6.07) is 4.59. The van der Waals surface area contributed by atoms with Gasteiger partial charge in [0.05, 0.1) is 0 Å². The van der Waals surface area contributed by atoms with Gasteiger partial charge in [-0.3, -0.25) is 0 Å². The van der Waals surface area contributed by atoms with Crippen LogP contribution in [0.5, 0.6) is 0 Å². The zero-order chi connectivity index (χ0) is 12.7. The Morgan fingerprint density at radius 2 is 2.12 bits per heavy atom. The molecule has 0 bridgehead atoms. The fourth-order valence-electron chi connectivity index (χ4n) is 1.61. The number of hydrogen-bond acceptors (Lipinski definition) is 3. The molecule has 0 aliphatic carbocycles. The lowest BCUT2D eigenvalue weighted by molar-refractivity contribution is 0.584. The third-order valence-electron chi connectivity index (χ3n) is 2.98. The predicted molar refractivity (Wildman–Crippen MR) is 76.5 cm³/mol. The predicted octanol–water partition coefficient (Wildman–Crippen LogP) is 3.89. The molecule has 2 nitrogen and oxygen atoms in total. The van der Waals surface area contributed by atoms with Crippen molar-refractivity contribution in [1.29, 1.82) is 0 Å². The highest BCUT2D eigenvalue weighted by molar-refractivity contribution is 7.99. The van der Waals surface area contributed by atoms with E-state index in [4.69, 9.17) is 0 Å². The molecule has 17 heavy (non-hydrogen) atoms. The summed E-state index contributed by atoms with van der Waals surface area (Å²) in [6.45, 7) is 9.87. The van der Waals surface area contributed by atoms with Crippen molar-refractivity contribution in [2.45, 2.75) is 45.2 Å². The van der Waals surface area contributed by atoms with Gasteiger partial charge in [0.1, 0.15) is 5.03 Å². The molecule has 1 aromatic rings. The van der Waals surface area contributed by atoms with Gasteiger partial charge in [-0.2, -0.15) is 0 Å². The SMILES string of the molecule is CCNC(C)c1cccnc1SCC(C)CC. The van der Waals surface area contributed by atoms with Crippen molar-refractivity contribution < 1.29 is 0 Å². The van der Waals surface area contributed by atoms with Crippen LogP contribution in [-0.2, 0) is 0 Å². The monoisotopic (exact) mass is 252 g/mol. The lowest BCUT2D eigenvalue weighted by Crippen LogP contribution is -2.18. The molecule has 0 aliphatic rings. The van der Waals surface area contributed by atoms with E-state index in [0.29, 0.717) is 6.04 Å². The average molecular weight is 252 g/mol. The van der Waals surface area contributed by atoms with Crippen LogP contribution in [-0.4, -0.2) is 17.3 Å². The van der Waals surface area contributed by atoms with Crippen molar-refractivity contribution in [3.8, 4) is 0 Å². The van der Waals surface area contributed by atoms with E-state index in [0.717, 1.165) is 18.2 Å². The first kappa shape index (κ1) is 14.5. The van der Waals surface area contributed by atoms with E-state index >= 15 is 0 Å². The Morgan fingerprint density at radius 3 is 2.76 bits per heavy atom. The summed E-state index contributed by atoms with van der Waals surface area (Å²) in [4.78, 5) is 4.51. The standard InChI is InChI=1S/C14H24N2S/c1-5-11(3)10-17-14-13(8-7-9-16-14)12(4)15-6-2/h7-9,11-12,15H,5-6,10H2,1-4H3. The summed E-state index contributed by atoms with van der Waals surface area (Å²) < 4.78 is 0. The molecule has 1 N–H and O–H groups in total. The van der Waals surface area contributed by atoms with Gasteiger partial charge in [-0.25, -0.2) is 4.98 Å². The average Bonchev–Trinajstić information content (AvgIpc) is 2.36. The number of thioether (sulfide) groups is 1. The van der Waals surface area contributed by atoms with E-state index in [1.165, 1.54) is 17.0 Å². The molecule has 1 aromatic heterocycles. The number of nitrogens with zero attached hydrogens (tertiary/aromatic N) is 1. The molecule has 0 aromatic carbocycles. The van der Waals surface area contributed by atoms with Crippen LogP contribution in [0.1, 0.15) is 45.7 Å². The molecular weight excluding hydrogens is 228 g/mol. The van der Waals surface area contributed by atoms with Gasteiger partial charge in [-0.15, -0.1) is 11.8 Å². The van der Waals surface area contributed by atoms with Crippen LogP contribution in [0.2, 0.25) is 0 Å². The third kappa shape index (κ3) is 4.68. The van der Waals surface area contributed by atoms with Crippen LogP contribution in [0, 0.1) is 5.92 Å². The molecule has 0 fully saturated rings. The summed E-state index contributed by atoms with van der Waals surface area (Å²) in [5, 5.41) is 4.63. The summed E-state index contributed by atoms with van der Waals surface area (Å²) in [5.41, 5.74) is 1.32. The van der Waals surface area contributed by atoms with Gasteiger partial charge in [0, 0.05) is 23.6 Å². The number of pyridine rings is 1. The van der Waals surface area contributed by atoms with Gasteiger partial charge < -0.3 is 5.32 Å². The second-order valence-corrected chi connectivity index (χ2v) is 5.51. The maximum absolute atomic E-state index is 4.51. The third-order valence-corrected chi connectivity index (χ3v) is 4.33. The van der Waals surface area contributed by atoms with Gasteiger partial charge in [-0.05, 0) is 25.5 Å². The van der Waals surface area contributed by atoms with Gasteiger partial charge in [0.2, 0.25) is 0 Å². The lowest BCUT2D eigenvalue weighted by atomic mass is 10.1. The van der Waals surface area contributed by atoms with Crippen LogP contribution in [0.4, 0.5) is 0 Å². The van der Waals surface area contributed by atoms with Crippen molar-refractivity contribution in [3.05, 3.63) is 23.9 Å². The first-order chi connectivity index (χ1) is 8.19. The van der Waals surface area contributed by atoms with Crippen molar-refractivity contribution in [2.24, 2.45) is 5.92 Å². The second-order valence-electron chi connectivity index (χ2n) is 4.50. The molecule has 1 heterocycles. The van der Waals surface area contributed by atoms with Crippen LogP contribution < -0.4 is 5.32 Å². The molecule has 3 heteroatoms. The van der Waals surface area contributed by atoms with E-state index in [9.17, 15) is 0 Å². The highest BCUT2D eigenvalue weighted by Crippen LogP contribution is 2.27. The summed E-state index contributed by atoms with van der Waals surface area (Å²) >= 11 is 1.88. The Labute approximate surface area is 110 Å². The zero-order valence-electron chi connectivity index (χ0n) is 11.4. The van der Waals surface area contributed by atoms with Crippen molar-refractivity contribution in [2.75, 3.05) is 12.3 Å². The minimum atomic E-state index is 0.383. The van der Waals surface area contributed by atoms with Crippen molar-refractivity contribution in [1.82, 2.24) is 10.3 Å². The quantitative estimate of drug-likeness (QED) is 0.745. The van der Waals surface area contributed by atoms with E-state index in [1.807, 2.05) is 24.0 Å². The van der Waals surface area contributed by atoms with Gasteiger partial charge in [0.25, 0.3) is 0 Å². The van der Waals surface area contributed by atoms with Gasteiger partial charge in [0.15, 0.2) is 0 Å². The summed E-state index contributed by atoms with van der Waals surface area (Å²) in [7, 11) is 0. The van der Waals surface area contributed by atoms with E-state index in [1.54, 1.807) is 0 Å². The molecule has 0 spiro atoms. The largest absolute Gasteiger partial charge is 0.310 e. The fraction of sp³-hybridized carbons (Fsp3) is 0.643. The normalized spacial score (nSPS) is 14.6. The Hall–Kier alpha value is -0.540. The minimum absolute atomic E-state index is 0.383. The molecule has 0 radical (unpaired) electrons. The topological polar surface area (TPSA) is 24.9 Å². The van der Waals surface area contributed by atoms with E-state index < -0.39 is 0 Å². The Balaban J connectivity index is 2.70. The number of aromatic nitrogens is 1. The molecule has 96 valence electrons. The molecular formula is C14H24N2S. The van der Waals surface area contributed by atoms with E-state index in [-0.39, 0.29) is 0 Å². The zero-order valence-corrected chi connectivity index (χ0v) is 12.2. The highest BCUT2D eigenvalue weighted by atomic mass is 32.2. The number of rotatable bonds is 7. The number of nitrogens with one attached hydrogen (secondary N) is 1. The van der Waals surface area contributed by atoms with Gasteiger partial charge in [-0.1, -0.05) is 33.3 Å². The highest BCUT2D eigenvalue weighted by Gasteiger charge is 2.11. The van der Waals surface area contributed by atoms with E-state index in [2.05, 4.69) is 44.1 Å². The maximum Gasteiger partial charge on any atom is 0.101 e. The van der Waals surface area contributed by atoms with Gasteiger partial charge >= 0.3 is 0 Å². The summed E-state index contributed by atoms with van der Waals surface area (Å²) in [6.07, 6.45) is 3.12. The maximum atomic E-state index is 4.51. The Kier molecular flexibility index (Phi) is 6.60. The Morgan fingerprint density at radius 1 is 1.35 bits per heavy atom. The lowest BCUT2D eigenvalue weighted by Gasteiger charge is -2.16.